The van der Waals surface area contributed by atoms with E-state index in [9.17, 15) is 9.59 Å². The number of nitrogens with zero attached hydrogens (tertiary/aromatic N) is 2. The van der Waals surface area contributed by atoms with Crippen molar-refractivity contribution in [3.8, 4) is 22.8 Å². The zero-order chi connectivity index (χ0) is 26.2. The van der Waals surface area contributed by atoms with Gasteiger partial charge in [-0.05, 0) is 54.3 Å². The normalized spacial score (nSPS) is 11.8. The van der Waals surface area contributed by atoms with Gasteiger partial charge in [-0.15, -0.1) is 0 Å². The van der Waals surface area contributed by atoms with Gasteiger partial charge in [-0.3, -0.25) is 9.59 Å². The summed E-state index contributed by atoms with van der Waals surface area (Å²) in [6.07, 6.45) is 0.803. The predicted molar refractivity (Wildman–Crippen MR) is 142 cm³/mol. The van der Waals surface area contributed by atoms with Crippen LogP contribution in [-0.2, 0) is 4.79 Å². The molecule has 190 valence electrons. The minimum atomic E-state index is -0.946. The fourth-order valence-electron chi connectivity index (χ4n) is 3.96. The molecule has 0 saturated carbocycles. The molecule has 1 atom stereocenters. The van der Waals surface area contributed by atoms with Crippen molar-refractivity contribution in [2.75, 3.05) is 11.9 Å². The lowest BCUT2D eigenvalue weighted by molar-refractivity contribution is -0.136. The molecule has 0 bridgehead atoms. The third kappa shape index (κ3) is 7.04. The standard InChI is InChI=1S/C29H30N4O4/c1-19(2)18-25(31-24-14-12-22(13-15-24)28(36)30-17-16-26(34)35)20-8-10-23(11-9-20)29-32-27(33-37-29)21-6-4-3-5-7-21/h3-15,19,25,31H,16-18H2,1-2H3,(H,30,36)(H,34,35). The van der Waals surface area contributed by atoms with E-state index in [4.69, 9.17) is 9.63 Å². The lowest BCUT2D eigenvalue weighted by Crippen LogP contribution is -2.25. The van der Waals surface area contributed by atoms with E-state index in [-0.39, 0.29) is 24.9 Å². The van der Waals surface area contributed by atoms with Gasteiger partial charge in [0, 0.05) is 28.9 Å². The second-order valence-corrected chi connectivity index (χ2v) is 9.21. The van der Waals surface area contributed by atoms with E-state index in [2.05, 4.69) is 46.8 Å². The summed E-state index contributed by atoms with van der Waals surface area (Å²) in [6.45, 7) is 4.45. The van der Waals surface area contributed by atoms with E-state index in [0.717, 1.165) is 28.8 Å². The molecule has 0 spiro atoms. The van der Waals surface area contributed by atoms with Gasteiger partial charge in [0.2, 0.25) is 5.82 Å². The highest BCUT2D eigenvalue weighted by atomic mass is 16.5. The van der Waals surface area contributed by atoms with Gasteiger partial charge in [0.1, 0.15) is 0 Å². The van der Waals surface area contributed by atoms with Crippen molar-refractivity contribution < 1.29 is 19.2 Å². The summed E-state index contributed by atoms with van der Waals surface area (Å²) in [5.41, 5.74) is 4.24. The number of nitrogens with one attached hydrogen (secondary N) is 2. The van der Waals surface area contributed by atoms with Gasteiger partial charge in [0.25, 0.3) is 11.8 Å². The van der Waals surface area contributed by atoms with Crippen molar-refractivity contribution in [3.63, 3.8) is 0 Å². The minimum absolute atomic E-state index is 0.0619. The highest BCUT2D eigenvalue weighted by Gasteiger charge is 2.16. The van der Waals surface area contributed by atoms with E-state index in [1.54, 1.807) is 12.1 Å². The highest BCUT2D eigenvalue weighted by molar-refractivity contribution is 5.94. The largest absolute Gasteiger partial charge is 0.481 e. The fourth-order valence-corrected chi connectivity index (χ4v) is 3.96. The number of amides is 1. The summed E-state index contributed by atoms with van der Waals surface area (Å²) in [7, 11) is 0. The van der Waals surface area contributed by atoms with Gasteiger partial charge >= 0.3 is 5.97 Å². The van der Waals surface area contributed by atoms with E-state index in [0.29, 0.717) is 23.2 Å². The van der Waals surface area contributed by atoms with Crippen LogP contribution in [0.15, 0.2) is 83.4 Å². The van der Waals surface area contributed by atoms with Crippen molar-refractivity contribution in [2.24, 2.45) is 5.92 Å². The van der Waals surface area contributed by atoms with Crippen LogP contribution in [0.25, 0.3) is 22.8 Å². The van der Waals surface area contributed by atoms with E-state index < -0.39 is 5.97 Å². The average molecular weight is 499 g/mol. The number of anilines is 1. The molecule has 3 N–H and O–H groups in total. The van der Waals surface area contributed by atoms with Crippen molar-refractivity contribution in [2.45, 2.75) is 32.7 Å². The first-order valence-corrected chi connectivity index (χ1v) is 12.2. The van der Waals surface area contributed by atoms with Crippen LogP contribution in [0, 0.1) is 5.92 Å². The molecule has 8 nitrogen and oxygen atoms in total. The topological polar surface area (TPSA) is 117 Å². The molecule has 0 saturated heterocycles. The first kappa shape index (κ1) is 25.6. The Labute approximate surface area is 215 Å². The molecule has 1 aromatic heterocycles. The molecule has 4 aromatic rings. The third-order valence-electron chi connectivity index (χ3n) is 5.84. The molecule has 8 heteroatoms. The number of carbonyl (C=O) groups is 2. The van der Waals surface area contributed by atoms with Gasteiger partial charge in [-0.2, -0.15) is 4.98 Å². The van der Waals surface area contributed by atoms with Crippen LogP contribution in [0.4, 0.5) is 5.69 Å². The Hall–Kier alpha value is -4.46. The molecule has 0 aliphatic heterocycles. The van der Waals surface area contributed by atoms with Gasteiger partial charge in [-0.25, -0.2) is 0 Å². The summed E-state index contributed by atoms with van der Waals surface area (Å²) in [5, 5.41) is 19.0. The van der Waals surface area contributed by atoms with Gasteiger partial charge < -0.3 is 20.3 Å². The van der Waals surface area contributed by atoms with Crippen molar-refractivity contribution >= 4 is 17.6 Å². The lowest BCUT2D eigenvalue weighted by atomic mass is 9.95. The molecule has 0 aliphatic carbocycles. The molecule has 0 aliphatic rings. The van der Waals surface area contributed by atoms with Crippen LogP contribution in [0.1, 0.15) is 48.7 Å². The first-order valence-electron chi connectivity index (χ1n) is 12.2. The number of rotatable bonds is 11. The number of hydrogen-bond donors (Lipinski definition) is 3. The van der Waals surface area contributed by atoms with Gasteiger partial charge in [0.05, 0.1) is 12.5 Å². The Morgan fingerprint density at radius 1 is 0.919 bits per heavy atom. The molecule has 3 aromatic carbocycles. The second kappa shape index (κ2) is 12.0. The maximum atomic E-state index is 12.2. The molecule has 0 fully saturated rings. The van der Waals surface area contributed by atoms with E-state index >= 15 is 0 Å². The average Bonchev–Trinajstić information content (AvgIpc) is 3.39. The zero-order valence-corrected chi connectivity index (χ0v) is 20.8. The fraction of sp³-hybridized carbons (Fsp3) is 0.241. The van der Waals surface area contributed by atoms with Crippen LogP contribution < -0.4 is 10.6 Å². The monoisotopic (exact) mass is 498 g/mol. The number of aromatic nitrogens is 2. The summed E-state index contributed by atoms with van der Waals surface area (Å²) >= 11 is 0. The molecular weight excluding hydrogens is 468 g/mol. The quantitative estimate of drug-likeness (QED) is 0.239. The Balaban J connectivity index is 1.44. The van der Waals surface area contributed by atoms with Crippen molar-refractivity contribution in [3.05, 3.63) is 90.0 Å². The number of carboxylic acid groups (broad SMARTS) is 1. The van der Waals surface area contributed by atoms with Crippen LogP contribution in [0.2, 0.25) is 0 Å². The number of carboxylic acids is 1. The van der Waals surface area contributed by atoms with E-state index in [1.165, 1.54) is 0 Å². The number of carbonyl (C=O) groups excluding carboxylic acids is 1. The molecule has 0 radical (unpaired) electrons. The minimum Gasteiger partial charge on any atom is -0.481 e. The van der Waals surface area contributed by atoms with Crippen LogP contribution >= 0.6 is 0 Å². The van der Waals surface area contributed by atoms with Gasteiger partial charge in [-0.1, -0.05) is 61.5 Å². The van der Waals surface area contributed by atoms with Gasteiger partial charge in [0.15, 0.2) is 0 Å². The smallest absolute Gasteiger partial charge is 0.305 e. The summed E-state index contributed by atoms with van der Waals surface area (Å²) in [4.78, 5) is 27.4. The Morgan fingerprint density at radius 2 is 1.62 bits per heavy atom. The molecule has 1 amide bonds. The Bertz CT molecular complexity index is 1320. The third-order valence-corrected chi connectivity index (χ3v) is 5.84. The molecule has 4 rings (SSSR count). The summed E-state index contributed by atoms with van der Waals surface area (Å²) < 4.78 is 5.49. The number of aliphatic carboxylic acids is 1. The summed E-state index contributed by atoms with van der Waals surface area (Å²) in [6, 6.07) is 25.0. The molecule has 1 heterocycles. The van der Waals surface area contributed by atoms with Crippen LogP contribution in [0.3, 0.4) is 0 Å². The van der Waals surface area contributed by atoms with Crippen molar-refractivity contribution in [1.29, 1.82) is 0 Å². The highest BCUT2D eigenvalue weighted by Crippen LogP contribution is 2.29. The number of hydrogen-bond acceptors (Lipinski definition) is 6. The predicted octanol–water partition coefficient (Wildman–Crippen LogP) is 5.81. The molecular formula is C29H30N4O4. The molecule has 37 heavy (non-hydrogen) atoms. The Morgan fingerprint density at radius 3 is 2.27 bits per heavy atom. The molecule has 1 unspecified atom stereocenters. The summed E-state index contributed by atoms with van der Waals surface area (Å²) in [5.74, 6) is 0.242. The van der Waals surface area contributed by atoms with Crippen LogP contribution in [-0.4, -0.2) is 33.7 Å². The lowest BCUT2D eigenvalue weighted by Gasteiger charge is -2.22. The number of benzene rings is 3. The maximum Gasteiger partial charge on any atom is 0.305 e. The van der Waals surface area contributed by atoms with Crippen LogP contribution in [0.5, 0.6) is 0 Å². The second-order valence-electron chi connectivity index (χ2n) is 9.21. The SMILES string of the molecule is CC(C)CC(Nc1ccc(C(=O)NCCC(=O)O)cc1)c1ccc(-c2nc(-c3ccccc3)no2)cc1. The van der Waals surface area contributed by atoms with E-state index in [1.807, 2.05) is 54.6 Å². The van der Waals surface area contributed by atoms with Crippen molar-refractivity contribution in [1.82, 2.24) is 15.5 Å². The Kier molecular flexibility index (Phi) is 8.30. The maximum absolute atomic E-state index is 12.2. The zero-order valence-electron chi connectivity index (χ0n) is 20.8. The first-order chi connectivity index (χ1) is 17.9.